The van der Waals surface area contributed by atoms with E-state index in [0.717, 1.165) is 24.2 Å². The molecular formula is C13H19FN2O. The Hall–Kier alpha value is -1.58. The molecule has 0 bridgehead atoms. The van der Waals surface area contributed by atoms with Crippen LogP contribution in [0.3, 0.4) is 0 Å². The van der Waals surface area contributed by atoms with Crippen molar-refractivity contribution in [1.82, 2.24) is 4.90 Å². The molecular weight excluding hydrogens is 219 g/mol. The number of aromatic hydroxyl groups is 1. The number of hydrogen-bond donors (Lipinski definition) is 1. The minimum atomic E-state index is -0.679. The van der Waals surface area contributed by atoms with Gasteiger partial charge in [0.05, 0.1) is 12.0 Å². The molecule has 0 heterocycles. The third-order valence-electron chi connectivity index (χ3n) is 2.70. The third-order valence-corrected chi connectivity index (χ3v) is 2.70. The zero-order valence-corrected chi connectivity index (χ0v) is 10.6. The van der Waals surface area contributed by atoms with Gasteiger partial charge in [-0.05, 0) is 31.0 Å². The van der Waals surface area contributed by atoms with Crippen LogP contribution in [-0.4, -0.2) is 29.9 Å². The van der Waals surface area contributed by atoms with Crippen LogP contribution in [0.5, 0.6) is 5.75 Å². The highest BCUT2D eigenvalue weighted by Crippen LogP contribution is 2.29. The lowest BCUT2D eigenvalue weighted by Gasteiger charge is -2.11. The van der Waals surface area contributed by atoms with Crippen LogP contribution in [0.1, 0.15) is 25.0 Å². The molecule has 4 heteroatoms. The van der Waals surface area contributed by atoms with E-state index in [2.05, 4.69) is 4.99 Å². The van der Waals surface area contributed by atoms with E-state index in [1.54, 1.807) is 18.5 Å². The Morgan fingerprint density at radius 2 is 2.06 bits per heavy atom. The summed E-state index contributed by atoms with van der Waals surface area (Å²) < 4.78 is 12.6. The summed E-state index contributed by atoms with van der Waals surface area (Å²) in [6, 6.07) is 3.20. The highest BCUT2D eigenvalue weighted by Gasteiger charge is 2.07. The maximum atomic E-state index is 12.6. The Balaban J connectivity index is 3.08. The standard InChI is InChI=1S/C13H19FN2O/c1-4-10-7-13(17)11(8-14)6-12(10)15-9-16(3)5-2/h6-7,9,17H,4-5,8H2,1-3H3. The van der Waals surface area contributed by atoms with Crippen LogP contribution in [0.4, 0.5) is 10.1 Å². The van der Waals surface area contributed by atoms with Gasteiger partial charge < -0.3 is 10.0 Å². The van der Waals surface area contributed by atoms with Gasteiger partial charge in [-0.3, -0.25) is 0 Å². The molecule has 0 aliphatic rings. The summed E-state index contributed by atoms with van der Waals surface area (Å²) in [5, 5.41) is 9.57. The first-order valence-corrected chi connectivity index (χ1v) is 5.77. The van der Waals surface area contributed by atoms with Gasteiger partial charge in [-0.2, -0.15) is 0 Å². The normalized spacial score (nSPS) is 11.1. The molecule has 0 fully saturated rings. The molecule has 94 valence electrons. The minimum absolute atomic E-state index is 0.00662. The second-order valence-electron chi connectivity index (χ2n) is 3.91. The van der Waals surface area contributed by atoms with Crippen molar-refractivity contribution >= 4 is 12.0 Å². The lowest BCUT2D eigenvalue weighted by Crippen LogP contribution is -2.14. The Kier molecular flexibility index (Phi) is 4.94. The second kappa shape index (κ2) is 6.23. The quantitative estimate of drug-likeness (QED) is 0.632. The van der Waals surface area contributed by atoms with E-state index >= 15 is 0 Å². The van der Waals surface area contributed by atoms with Crippen LogP contribution in [0.25, 0.3) is 0 Å². The fraction of sp³-hybridized carbons (Fsp3) is 0.462. The zero-order chi connectivity index (χ0) is 12.8. The van der Waals surface area contributed by atoms with E-state index in [1.165, 1.54) is 0 Å². The fourth-order valence-corrected chi connectivity index (χ4v) is 1.42. The number of aryl methyl sites for hydroxylation is 1. The third kappa shape index (κ3) is 3.44. The molecule has 0 saturated carbocycles. The van der Waals surface area contributed by atoms with Gasteiger partial charge in [0, 0.05) is 19.2 Å². The molecule has 3 nitrogen and oxygen atoms in total. The molecule has 0 amide bonds. The van der Waals surface area contributed by atoms with Gasteiger partial charge in [0.15, 0.2) is 0 Å². The maximum Gasteiger partial charge on any atom is 0.121 e. The van der Waals surface area contributed by atoms with Crippen molar-refractivity contribution in [2.45, 2.75) is 26.9 Å². The molecule has 1 N–H and O–H groups in total. The first-order chi connectivity index (χ1) is 8.12. The summed E-state index contributed by atoms with van der Waals surface area (Å²) >= 11 is 0. The average molecular weight is 238 g/mol. The van der Waals surface area contributed by atoms with Crippen molar-refractivity contribution in [3.05, 3.63) is 23.3 Å². The first-order valence-electron chi connectivity index (χ1n) is 5.77. The molecule has 0 unspecified atom stereocenters. The van der Waals surface area contributed by atoms with Gasteiger partial charge in [0.2, 0.25) is 0 Å². The summed E-state index contributed by atoms with van der Waals surface area (Å²) in [7, 11) is 1.92. The summed E-state index contributed by atoms with van der Waals surface area (Å²) in [6.45, 7) is 4.18. The fourth-order valence-electron chi connectivity index (χ4n) is 1.42. The van der Waals surface area contributed by atoms with Gasteiger partial charge in [-0.25, -0.2) is 9.38 Å². The van der Waals surface area contributed by atoms with Crippen molar-refractivity contribution in [2.75, 3.05) is 13.6 Å². The van der Waals surface area contributed by atoms with E-state index in [9.17, 15) is 9.50 Å². The SMILES string of the molecule is CCc1cc(O)c(CF)cc1N=CN(C)CC. The van der Waals surface area contributed by atoms with Crippen molar-refractivity contribution in [3.8, 4) is 5.75 Å². The lowest BCUT2D eigenvalue weighted by atomic mass is 10.1. The van der Waals surface area contributed by atoms with Crippen molar-refractivity contribution in [2.24, 2.45) is 4.99 Å². The number of rotatable bonds is 5. The molecule has 0 aliphatic carbocycles. The summed E-state index contributed by atoms with van der Waals surface area (Å²) in [4.78, 5) is 6.25. The number of phenolic OH excluding ortho intramolecular Hbond substituents is 1. The van der Waals surface area contributed by atoms with E-state index in [-0.39, 0.29) is 11.3 Å². The predicted octanol–water partition coefficient (Wildman–Crippen LogP) is 3.04. The van der Waals surface area contributed by atoms with Crippen LogP contribution in [0, 0.1) is 0 Å². The number of phenols is 1. The van der Waals surface area contributed by atoms with Crippen molar-refractivity contribution in [3.63, 3.8) is 0 Å². The summed E-state index contributed by atoms with van der Waals surface area (Å²) in [5.74, 6) is 0.00662. The van der Waals surface area contributed by atoms with Crippen LogP contribution in [0.2, 0.25) is 0 Å². The molecule has 0 aromatic heterocycles. The molecule has 0 radical (unpaired) electrons. The Labute approximate surface area is 102 Å². The molecule has 1 rings (SSSR count). The van der Waals surface area contributed by atoms with Gasteiger partial charge in [0.25, 0.3) is 0 Å². The maximum absolute atomic E-state index is 12.6. The van der Waals surface area contributed by atoms with Crippen molar-refractivity contribution < 1.29 is 9.50 Å². The van der Waals surface area contributed by atoms with Crippen LogP contribution in [0.15, 0.2) is 17.1 Å². The average Bonchev–Trinajstić information content (AvgIpc) is 2.36. The van der Waals surface area contributed by atoms with Gasteiger partial charge >= 0.3 is 0 Å². The van der Waals surface area contributed by atoms with E-state index < -0.39 is 6.67 Å². The molecule has 0 spiro atoms. The Morgan fingerprint density at radius 1 is 1.35 bits per heavy atom. The number of halogens is 1. The summed E-state index contributed by atoms with van der Waals surface area (Å²) in [5.41, 5.74) is 1.92. The van der Waals surface area contributed by atoms with Gasteiger partial charge in [0.1, 0.15) is 12.4 Å². The zero-order valence-electron chi connectivity index (χ0n) is 10.6. The number of aliphatic imine (C=N–C) groups is 1. The molecule has 1 aromatic rings. The van der Waals surface area contributed by atoms with Gasteiger partial charge in [-0.1, -0.05) is 6.92 Å². The minimum Gasteiger partial charge on any atom is -0.508 e. The lowest BCUT2D eigenvalue weighted by molar-refractivity contribution is 0.432. The Morgan fingerprint density at radius 3 is 2.59 bits per heavy atom. The van der Waals surface area contributed by atoms with E-state index in [4.69, 9.17) is 0 Å². The number of hydrogen-bond acceptors (Lipinski definition) is 2. The molecule has 0 aliphatic heterocycles. The van der Waals surface area contributed by atoms with Crippen LogP contribution < -0.4 is 0 Å². The molecule has 0 saturated heterocycles. The van der Waals surface area contributed by atoms with E-state index in [1.807, 2.05) is 25.8 Å². The summed E-state index contributed by atoms with van der Waals surface area (Å²) in [6.07, 6.45) is 2.47. The smallest absolute Gasteiger partial charge is 0.121 e. The van der Waals surface area contributed by atoms with E-state index in [0.29, 0.717) is 0 Å². The molecule has 0 atom stereocenters. The predicted molar refractivity (Wildman–Crippen MR) is 68.8 cm³/mol. The Bertz CT molecular complexity index is 405. The van der Waals surface area contributed by atoms with Crippen molar-refractivity contribution in [1.29, 1.82) is 0 Å². The van der Waals surface area contributed by atoms with Crippen LogP contribution >= 0.6 is 0 Å². The highest BCUT2D eigenvalue weighted by atomic mass is 19.1. The highest BCUT2D eigenvalue weighted by molar-refractivity contribution is 5.64. The number of benzene rings is 1. The molecule has 1 aromatic carbocycles. The number of alkyl halides is 1. The second-order valence-corrected chi connectivity index (χ2v) is 3.91. The monoisotopic (exact) mass is 238 g/mol. The van der Waals surface area contributed by atoms with Crippen LogP contribution in [-0.2, 0) is 13.1 Å². The first kappa shape index (κ1) is 13.5. The number of nitrogens with zero attached hydrogens (tertiary/aromatic N) is 2. The van der Waals surface area contributed by atoms with Gasteiger partial charge in [-0.15, -0.1) is 0 Å². The topological polar surface area (TPSA) is 35.8 Å². The molecule has 17 heavy (non-hydrogen) atoms. The largest absolute Gasteiger partial charge is 0.508 e.